The van der Waals surface area contributed by atoms with Crippen LogP contribution in [0, 0.1) is 11.8 Å². The molecule has 0 saturated carbocycles. The first-order valence-electron chi connectivity index (χ1n) is 11.5. The molecule has 174 valence electrons. The minimum Gasteiger partial charge on any atom is -0.481 e. The maximum atomic E-state index is 12.5. The molecule has 1 aliphatic carbocycles. The van der Waals surface area contributed by atoms with Crippen LogP contribution in [0.15, 0.2) is 48.5 Å². The second-order valence-electron chi connectivity index (χ2n) is 9.13. The van der Waals surface area contributed by atoms with Crippen LogP contribution in [-0.2, 0) is 14.3 Å². The van der Waals surface area contributed by atoms with E-state index >= 15 is 0 Å². The Kier molecular flexibility index (Phi) is 6.67. The lowest BCUT2D eigenvalue weighted by Gasteiger charge is -2.19. The van der Waals surface area contributed by atoms with Gasteiger partial charge >= 0.3 is 12.1 Å². The zero-order chi connectivity index (χ0) is 23.5. The number of rotatable bonds is 7. The number of fused-ring (bicyclic) bond motifs is 3. The fourth-order valence-electron chi connectivity index (χ4n) is 4.90. The lowest BCUT2D eigenvalue weighted by molar-refractivity contribution is -0.142. The van der Waals surface area contributed by atoms with Gasteiger partial charge < -0.3 is 20.1 Å². The summed E-state index contributed by atoms with van der Waals surface area (Å²) in [5.74, 6) is -1.50. The molecule has 0 aromatic heterocycles. The number of carbonyl (C=O) groups excluding carboxylic acids is 2. The molecule has 3 atom stereocenters. The maximum Gasteiger partial charge on any atom is 0.407 e. The first-order valence-corrected chi connectivity index (χ1v) is 11.5. The molecule has 0 bridgehead atoms. The summed E-state index contributed by atoms with van der Waals surface area (Å²) in [5.41, 5.74) is 4.67. The second-order valence-corrected chi connectivity index (χ2v) is 9.13. The summed E-state index contributed by atoms with van der Waals surface area (Å²) in [7, 11) is 0. The summed E-state index contributed by atoms with van der Waals surface area (Å²) in [4.78, 5) is 37.7. The van der Waals surface area contributed by atoms with Gasteiger partial charge in [0, 0.05) is 31.5 Å². The standard InChI is InChI=1S/C26H30N2O5/c1-16-13-28(14-22(16)25(30)31)24(29)12-11-17(2)27-26(32)33-15-23-20-9-5-3-7-18(20)19-8-4-6-10-21(19)23/h3-10,16-17,22-23H,11-15H2,1-2H3,(H,27,32)(H,30,31)/t16-,17?,22-/m1/s1. The number of hydrogen-bond acceptors (Lipinski definition) is 4. The Bertz CT molecular complexity index is 1010. The third kappa shape index (κ3) is 4.87. The van der Waals surface area contributed by atoms with Crippen LogP contribution in [0.4, 0.5) is 4.79 Å². The third-order valence-corrected chi connectivity index (χ3v) is 6.78. The number of carboxylic acid groups (broad SMARTS) is 1. The van der Waals surface area contributed by atoms with Crippen molar-refractivity contribution in [2.24, 2.45) is 11.8 Å². The van der Waals surface area contributed by atoms with Crippen molar-refractivity contribution < 1.29 is 24.2 Å². The van der Waals surface area contributed by atoms with E-state index in [9.17, 15) is 19.5 Å². The molecule has 2 amide bonds. The molecule has 2 aromatic carbocycles. The summed E-state index contributed by atoms with van der Waals surface area (Å²) < 4.78 is 5.56. The Morgan fingerprint density at radius 2 is 1.67 bits per heavy atom. The van der Waals surface area contributed by atoms with Gasteiger partial charge in [-0.1, -0.05) is 55.5 Å². The Balaban J connectivity index is 1.25. The quantitative estimate of drug-likeness (QED) is 0.668. The Morgan fingerprint density at radius 3 is 2.24 bits per heavy atom. The predicted molar refractivity (Wildman–Crippen MR) is 124 cm³/mol. The largest absolute Gasteiger partial charge is 0.481 e. The molecule has 1 saturated heterocycles. The van der Waals surface area contributed by atoms with Crippen LogP contribution in [0.2, 0.25) is 0 Å². The maximum absolute atomic E-state index is 12.5. The fourth-order valence-corrected chi connectivity index (χ4v) is 4.90. The number of alkyl carbamates (subject to hydrolysis) is 1. The SMILES string of the molecule is CC(CCC(=O)N1C[C@@H](C)[C@H](C(=O)O)C1)NC(=O)OCC1c2ccccc2-c2ccccc21. The van der Waals surface area contributed by atoms with E-state index < -0.39 is 18.0 Å². The lowest BCUT2D eigenvalue weighted by atomic mass is 9.98. The molecule has 4 rings (SSSR count). The molecule has 1 heterocycles. The van der Waals surface area contributed by atoms with Gasteiger partial charge in [0.1, 0.15) is 6.61 Å². The smallest absolute Gasteiger partial charge is 0.407 e. The van der Waals surface area contributed by atoms with Crippen molar-refractivity contribution >= 4 is 18.0 Å². The van der Waals surface area contributed by atoms with Crippen molar-refractivity contribution in [3.8, 4) is 11.1 Å². The molecule has 7 heteroatoms. The van der Waals surface area contributed by atoms with E-state index in [-0.39, 0.29) is 43.4 Å². The summed E-state index contributed by atoms with van der Waals surface area (Å²) in [6, 6.07) is 16.1. The lowest BCUT2D eigenvalue weighted by Crippen LogP contribution is -2.36. The third-order valence-electron chi connectivity index (χ3n) is 6.78. The van der Waals surface area contributed by atoms with E-state index in [1.54, 1.807) is 4.90 Å². The number of likely N-dealkylation sites (tertiary alicyclic amines) is 1. The Hall–Kier alpha value is -3.35. The van der Waals surface area contributed by atoms with Gasteiger partial charge in [-0.2, -0.15) is 0 Å². The molecule has 1 aliphatic heterocycles. The zero-order valence-corrected chi connectivity index (χ0v) is 19.0. The summed E-state index contributed by atoms with van der Waals surface area (Å²) >= 11 is 0. The van der Waals surface area contributed by atoms with E-state index in [1.165, 1.54) is 11.1 Å². The van der Waals surface area contributed by atoms with Crippen LogP contribution in [0.5, 0.6) is 0 Å². The van der Waals surface area contributed by atoms with Crippen molar-refractivity contribution in [3.05, 3.63) is 59.7 Å². The summed E-state index contributed by atoms with van der Waals surface area (Å²) in [6.45, 7) is 4.65. The van der Waals surface area contributed by atoms with Gasteiger partial charge in [0.15, 0.2) is 0 Å². The van der Waals surface area contributed by atoms with Gasteiger partial charge in [-0.3, -0.25) is 9.59 Å². The molecular weight excluding hydrogens is 420 g/mol. The molecule has 0 spiro atoms. The molecular formula is C26H30N2O5. The molecule has 33 heavy (non-hydrogen) atoms. The average molecular weight is 451 g/mol. The monoisotopic (exact) mass is 450 g/mol. The number of hydrogen-bond donors (Lipinski definition) is 2. The highest BCUT2D eigenvalue weighted by Crippen LogP contribution is 2.44. The Morgan fingerprint density at radius 1 is 1.06 bits per heavy atom. The van der Waals surface area contributed by atoms with Crippen LogP contribution in [0.25, 0.3) is 11.1 Å². The molecule has 1 fully saturated rings. The highest BCUT2D eigenvalue weighted by Gasteiger charge is 2.36. The van der Waals surface area contributed by atoms with Crippen LogP contribution >= 0.6 is 0 Å². The highest BCUT2D eigenvalue weighted by atomic mass is 16.5. The van der Waals surface area contributed by atoms with Gasteiger partial charge in [-0.15, -0.1) is 0 Å². The van der Waals surface area contributed by atoms with Crippen molar-refractivity contribution in [2.75, 3.05) is 19.7 Å². The van der Waals surface area contributed by atoms with E-state index in [0.717, 1.165) is 11.1 Å². The fraction of sp³-hybridized carbons (Fsp3) is 0.423. The number of nitrogens with one attached hydrogen (secondary N) is 1. The molecule has 2 N–H and O–H groups in total. The van der Waals surface area contributed by atoms with Gasteiger partial charge in [-0.25, -0.2) is 4.79 Å². The second kappa shape index (κ2) is 9.65. The Labute approximate surface area is 193 Å². The first-order chi connectivity index (χ1) is 15.8. The number of amides is 2. The van der Waals surface area contributed by atoms with Gasteiger partial charge in [0.05, 0.1) is 5.92 Å². The van der Waals surface area contributed by atoms with E-state index in [4.69, 9.17) is 4.74 Å². The van der Waals surface area contributed by atoms with Gasteiger partial charge in [-0.05, 0) is 41.5 Å². The van der Waals surface area contributed by atoms with E-state index in [1.807, 2.05) is 38.1 Å². The van der Waals surface area contributed by atoms with Crippen molar-refractivity contribution in [3.63, 3.8) is 0 Å². The van der Waals surface area contributed by atoms with Crippen LogP contribution < -0.4 is 5.32 Å². The number of carboxylic acids is 1. The summed E-state index contributed by atoms with van der Waals surface area (Å²) in [5, 5.41) is 12.0. The summed E-state index contributed by atoms with van der Waals surface area (Å²) in [6.07, 6.45) is 0.216. The number of carbonyl (C=O) groups is 3. The number of nitrogens with zero attached hydrogens (tertiary/aromatic N) is 1. The average Bonchev–Trinajstić information content (AvgIpc) is 3.34. The zero-order valence-electron chi connectivity index (χ0n) is 19.0. The molecule has 2 aromatic rings. The van der Waals surface area contributed by atoms with E-state index in [0.29, 0.717) is 13.0 Å². The normalized spacial score (nSPS) is 20.1. The number of aliphatic carboxylic acids is 1. The van der Waals surface area contributed by atoms with E-state index in [2.05, 4.69) is 29.6 Å². The van der Waals surface area contributed by atoms with Crippen LogP contribution in [0.1, 0.15) is 43.7 Å². The minimum atomic E-state index is -0.858. The van der Waals surface area contributed by atoms with Gasteiger partial charge in [0.2, 0.25) is 5.91 Å². The van der Waals surface area contributed by atoms with Crippen LogP contribution in [-0.4, -0.2) is 53.7 Å². The van der Waals surface area contributed by atoms with Crippen molar-refractivity contribution in [1.29, 1.82) is 0 Å². The van der Waals surface area contributed by atoms with Crippen LogP contribution in [0.3, 0.4) is 0 Å². The first kappa shape index (κ1) is 22.8. The molecule has 1 unspecified atom stereocenters. The number of ether oxygens (including phenoxy) is 1. The van der Waals surface area contributed by atoms with Crippen molar-refractivity contribution in [2.45, 2.75) is 38.6 Å². The van der Waals surface area contributed by atoms with Crippen molar-refractivity contribution in [1.82, 2.24) is 10.2 Å². The predicted octanol–water partition coefficient (Wildman–Crippen LogP) is 3.87. The minimum absolute atomic E-state index is 0.000582. The molecule has 0 radical (unpaired) electrons. The number of benzene rings is 2. The molecule has 7 nitrogen and oxygen atoms in total. The molecule has 2 aliphatic rings. The highest BCUT2D eigenvalue weighted by molar-refractivity contribution is 5.80. The van der Waals surface area contributed by atoms with Gasteiger partial charge in [0.25, 0.3) is 0 Å². The topological polar surface area (TPSA) is 95.9 Å².